The van der Waals surface area contributed by atoms with Crippen molar-refractivity contribution in [2.45, 2.75) is 71.0 Å². The van der Waals surface area contributed by atoms with Crippen LogP contribution in [0.25, 0.3) is 0 Å². The first-order chi connectivity index (χ1) is 12.8. The molecule has 2 rings (SSSR count). The molecule has 2 bridgehead atoms. The predicted octanol–water partition coefficient (Wildman–Crippen LogP) is 6.51. The van der Waals surface area contributed by atoms with Gasteiger partial charge in [0, 0.05) is 6.04 Å². The van der Waals surface area contributed by atoms with Gasteiger partial charge in [0.05, 0.1) is 0 Å². The van der Waals surface area contributed by atoms with Crippen LogP contribution in [0.5, 0.6) is 0 Å². The molecular formula is C21H40O3Si4. The Balaban J connectivity index is 2.37. The Morgan fingerprint density at radius 2 is 1.36 bits per heavy atom. The minimum atomic E-state index is -2.94. The van der Waals surface area contributed by atoms with E-state index in [2.05, 4.69) is 71.2 Å². The molecule has 2 aliphatic carbocycles. The average molecular weight is 453 g/mol. The zero-order valence-corrected chi connectivity index (χ0v) is 22.8. The molecule has 2 aliphatic rings. The number of hydrogen-bond acceptors (Lipinski definition) is 3. The summed E-state index contributed by atoms with van der Waals surface area (Å²) in [6.07, 6.45) is 9.85. The van der Waals surface area contributed by atoms with E-state index < -0.39 is 33.8 Å². The van der Waals surface area contributed by atoms with Gasteiger partial charge in [0.2, 0.25) is 25.0 Å². The lowest BCUT2D eigenvalue weighted by molar-refractivity contribution is 0.242. The second kappa shape index (κ2) is 8.45. The SMILES string of the molecule is C=C[Si](C)(C)O[Si](CCC12C=CC(CC1)C2)(O[Si](C)(C)C=C)O[Si](C)(C)C=C. The van der Waals surface area contributed by atoms with Crippen LogP contribution in [0.2, 0.25) is 45.3 Å². The van der Waals surface area contributed by atoms with Gasteiger partial charge in [0.25, 0.3) is 0 Å². The molecule has 1 saturated carbocycles. The third kappa shape index (κ3) is 6.10. The summed E-state index contributed by atoms with van der Waals surface area (Å²) in [5, 5.41) is 0. The quantitative estimate of drug-likeness (QED) is 0.249. The summed E-state index contributed by atoms with van der Waals surface area (Å²) in [6, 6.07) is 0.864. The zero-order valence-electron chi connectivity index (χ0n) is 18.8. The third-order valence-corrected chi connectivity index (χ3v) is 19.9. The molecule has 28 heavy (non-hydrogen) atoms. The first kappa shape index (κ1) is 24.0. The van der Waals surface area contributed by atoms with E-state index in [1.165, 1.54) is 19.3 Å². The highest BCUT2D eigenvalue weighted by atomic mass is 28.5. The van der Waals surface area contributed by atoms with Crippen LogP contribution < -0.4 is 0 Å². The van der Waals surface area contributed by atoms with Gasteiger partial charge in [-0.2, -0.15) is 0 Å². The van der Waals surface area contributed by atoms with Gasteiger partial charge < -0.3 is 12.3 Å². The first-order valence-corrected chi connectivity index (χ1v) is 21.4. The van der Waals surface area contributed by atoms with E-state index in [1.54, 1.807) is 0 Å². The molecule has 0 heterocycles. The molecule has 0 aromatic heterocycles. The summed E-state index contributed by atoms with van der Waals surface area (Å²) in [4.78, 5) is 0. The van der Waals surface area contributed by atoms with Gasteiger partial charge >= 0.3 is 8.80 Å². The molecule has 0 amide bonds. The second-order valence-corrected chi connectivity index (χ2v) is 25.3. The van der Waals surface area contributed by atoms with Gasteiger partial charge in [-0.05, 0) is 76.3 Å². The molecule has 0 saturated heterocycles. The summed E-state index contributed by atoms with van der Waals surface area (Å²) in [7, 11) is -9.25. The molecule has 0 aromatic rings. The predicted molar refractivity (Wildman–Crippen MR) is 130 cm³/mol. The largest absolute Gasteiger partial charge is 0.470 e. The van der Waals surface area contributed by atoms with Gasteiger partial charge in [-0.15, -0.1) is 19.7 Å². The van der Waals surface area contributed by atoms with Crippen LogP contribution in [0, 0.1) is 11.3 Å². The Hall–Kier alpha value is -0.292. The van der Waals surface area contributed by atoms with Crippen LogP contribution in [-0.2, 0) is 12.3 Å². The summed E-state index contributed by atoms with van der Waals surface area (Å²) < 4.78 is 20.6. The summed E-state index contributed by atoms with van der Waals surface area (Å²) in [5.41, 5.74) is 6.29. The molecule has 158 valence electrons. The highest BCUT2D eigenvalue weighted by Gasteiger charge is 2.53. The third-order valence-electron chi connectivity index (χ3n) is 6.06. The Kier molecular flexibility index (Phi) is 7.24. The maximum atomic E-state index is 6.88. The fourth-order valence-electron chi connectivity index (χ4n) is 4.11. The van der Waals surface area contributed by atoms with Crippen molar-refractivity contribution >= 4 is 33.8 Å². The lowest BCUT2D eigenvalue weighted by Crippen LogP contribution is -2.61. The van der Waals surface area contributed by atoms with Crippen molar-refractivity contribution in [2.75, 3.05) is 0 Å². The van der Waals surface area contributed by atoms with Crippen LogP contribution >= 0.6 is 0 Å². The maximum absolute atomic E-state index is 6.88. The van der Waals surface area contributed by atoms with E-state index in [4.69, 9.17) is 12.3 Å². The number of rotatable bonds is 12. The van der Waals surface area contributed by atoms with Crippen molar-refractivity contribution in [1.29, 1.82) is 0 Å². The summed E-state index contributed by atoms with van der Waals surface area (Å²) >= 11 is 0. The molecule has 0 aliphatic heterocycles. The normalized spacial score (nSPS) is 25.1. The molecule has 0 radical (unpaired) electrons. The molecule has 1 fully saturated rings. The fraction of sp³-hybridized carbons (Fsp3) is 0.619. The number of allylic oxidation sites excluding steroid dienone is 2. The number of fused-ring (bicyclic) bond motifs is 2. The molecule has 7 heteroatoms. The standard InChI is InChI=1S/C21H40O3Si4/c1-10-25(4,5)22-28(23-26(6,7)11-2,24-27(8,9)12-3)18-17-21-15-13-20(19-21)14-16-21/h10-13,15,20H,1-3,14,16-19H2,4-9H3. The maximum Gasteiger partial charge on any atom is 0.470 e. The average Bonchev–Trinajstić information content (AvgIpc) is 3.20. The Bertz CT molecular complexity index is 587. The van der Waals surface area contributed by atoms with Crippen molar-refractivity contribution in [3.63, 3.8) is 0 Å². The molecule has 0 aromatic carbocycles. The second-order valence-electron chi connectivity index (χ2n) is 10.1. The smallest absolute Gasteiger partial charge is 0.413 e. The molecule has 0 spiro atoms. The van der Waals surface area contributed by atoms with Gasteiger partial charge in [0.15, 0.2) is 0 Å². The van der Waals surface area contributed by atoms with E-state index >= 15 is 0 Å². The topological polar surface area (TPSA) is 27.7 Å². The van der Waals surface area contributed by atoms with E-state index in [9.17, 15) is 0 Å². The van der Waals surface area contributed by atoms with E-state index in [-0.39, 0.29) is 0 Å². The number of hydrogen-bond donors (Lipinski definition) is 0. The minimum Gasteiger partial charge on any atom is -0.413 e. The van der Waals surface area contributed by atoms with Gasteiger partial charge in [-0.1, -0.05) is 29.2 Å². The zero-order chi connectivity index (χ0) is 21.3. The van der Waals surface area contributed by atoms with Crippen LogP contribution in [0.1, 0.15) is 25.7 Å². The van der Waals surface area contributed by atoms with Crippen molar-refractivity contribution in [2.24, 2.45) is 11.3 Å². The summed E-state index contributed by atoms with van der Waals surface area (Å²) in [6.45, 7) is 25.2. The van der Waals surface area contributed by atoms with Crippen LogP contribution in [0.4, 0.5) is 0 Å². The Morgan fingerprint density at radius 1 is 0.893 bits per heavy atom. The van der Waals surface area contributed by atoms with Gasteiger partial charge in [-0.3, -0.25) is 0 Å². The highest BCUT2D eigenvalue weighted by molar-refractivity contribution is 6.93. The Morgan fingerprint density at radius 3 is 1.64 bits per heavy atom. The molecular weight excluding hydrogens is 413 g/mol. The molecule has 3 nitrogen and oxygen atoms in total. The van der Waals surface area contributed by atoms with E-state index in [0.29, 0.717) is 5.41 Å². The monoisotopic (exact) mass is 452 g/mol. The van der Waals surface area contributed by atoms with Crippen molar-refractivity contribution in [3.05, 3.63) is 49.0 Å². The molecule has 2 atom stereocenters. The van der Waals surface area contributed by atoms with E-state index in [1.807, 2.05) is 17.1 Å². The van der Waals surface area contributed by atoms with Gasteiger partial charge in [0.1, 0.15) is 0 Å². The van der Waals surface area contributed by atoms with Crippen LogP contribution in [0.15, 0.2) is 49.0 Å². The van der Waals surface area contributed by atoms with Crippen molar-refractivity contribution in [3.8, 4) is 0 Å². The minimum absolute atomic E-state index is 0.318. The van der Waals surface area contributed by atoms with Crippen molar-refractivity contribution < 1.29 is 12.3 Å². The van der Waals surface area contributed by atoms with E-state index in [0.717, 1.165) is 18.4 Å². The van der Waals surface area contributed by atoms with Crippen molar-refractivity contribution in [1.82, 2.24) is 0 Å². The highest BCUT2D eigenvalue weighted by Crippen LogP contribution is 2.53. The van der Waals surface area contributed by atoms with Crippen LogP contribution in [0.3, 0.4) is 0 Å². The van der Waals surface area contributed by atoms with Gasteiger partial charge in [-0.25, -0.2) is 0 Å². The lowest BCUT2D eigenvalue weighted by Gasteiger charge is -2.44. The first-order valence-electron chi connectivity index (χ1n) is 10.5. The summed E-state index contributed by atoms with van der Waals surface area (Å²) in [5.74, 6) is 0.774. The van der Waals surface area contributed by atoms with Crippen LogP contribution in [-0.4, -0.2) is 33.8 Å². The lowest BCUT2D eigenvalue weighted by atomic mass is 9.85. The fourth-order valence-corrected chi connectivity index (χ4v) is 18.4. The Labute approximate surface area is 177 Å². The molecule has 0 N–H and O–H groups in total. The molecule has 2 unspecified atom stereocenters.